The molecule has 2 N–H and O–H groups in total. The van der Waals surface area contributed by atoms with Gasteiger partial charge in [-0.25, -0.2) is 0 Å². The van der Waals surface area contributed by atoms with E-state index in [4.69, 9.17) is 9.47 Å². The molecule has 0 radical (unpaired) electrons. The molecule has 0 aliphatic carbocycles. The van der Waals surface area contributed by atoms with Crippen LogP contribution in [-0.2, 0) is 13.1 Å². The molecular formula is C20H25NO4. The predicted molar refractivity (Wildman–Crippen MR) is 96.2 cm³/mol. The Hall–Kier alpha value is -2.24. The van der Waals surface area contributed by atoms with Crippen LogP contribution in [0, 0.1) is 13.8 Å². The molecular weight excluding hydrogens is 318 g/mol. The molecule has 0 fully saturated rings. The lowest BCUT2D eigenvalue weighted by molar-refractivity contribution is 0.0842. The zero-order valence-electron chi connectivity index (χ0n) is 15.2. The number of nitrogens with zero attached hydrogens (tertiary/aromatic N) is 1. The van der Waals surface area contributed by atoms with Crippen molar-refractivity contribution in [2.45, 2.75) is 33.0 Å². The van der Waals surface area contributed by atoms with E-state index >= 15 is 0 Å². The number of methoxy groups -OCH3 is 2. The van der Waals surface area contributed by atoms with Gasteiger partial charge in [-0.2, -0.15) is 0 Å². The normalized spacial score (nSPS) is 17.2. The van der Waals surface area contributed by atoms with Crippen LogP contribution in [0.4, 0.5) is 0 Å². The van der Waals surface area contributed by atoms with E-state index in [1.54, 1.807) is 20.3 Å². The van der Waals surface area contributed by atoms with Crippen molar-refractivity contribution >= 4 is 0 Å². The Balaban J connectivity index is 1.92. The highest BCUT2D eigenvalue weighted by Gasteiger charge is 2.29. The molecule has 134 valence electrons. The van der Waals surface area contributed by atoms with E-state index in [-0.39, 0.29) is 0 Å². The standard InChI is InChI=1S/C20H25NO4/c1-12-8-16(22)13(2)7-14(12)9-21-10-15-18(24-3)5-6-19(25-4)20(15)17(23)11-21/h5-8,17,22-23H,9-11H2,1-4H3/t17-/m1/s1. The first-order valence-electron chi connectivity index (χ1n) is 8.37. The molecule has 1 atom stereocenters. The fourth-order valence-electron chi connectivity index (χ4n) is 3.54. The molecule has 0 amide bonds. The predicted octanol–water partition coefficient (Wildman–Crippen LogP) is 3.08. The third-order valence-electron chi connectivity index (χ3n) is 4.91. The summed E-state index contributed by atoms with van der Waals surface area (Å²) >= 11 is 0. The van der Waals surface area contributed by atoms with Gasteiger partial charge in [0.15, 0.2) is 0 Å². The van der Waals surface area contributed by atoms with Crippen molar-refractivity contribution in [1.82, 2.24) is 4.90 Å². The summed E-state index contributed by atoms with van der Waals surface area (Å²) in [6.45, 7) is 5.78. The van der Waals surface area contributed by atoms with Crippen molar-refractivity contribution in [2.24, 2.45) is 0 Å². The molecule has 25 heavy (non-hydrogen) atoms. The van der Waals surface area contributed by atoms with Gasteiger partial charge in [0.2, 0.25) is 0 Å². The van der Waals surface area contributed by atoms with Crippen LogP contribution in [0.5, 0.6) is 17.2 Å². The summed E-state index contributed by atoms with van der Waals surface area (Å²) in [5, 5.41) is 20.5. The van der Waals surface area contributed by atoms with Crippen molar-refractivity contribution in [3.8, 4) is 17.2 Å². The Morgan fingerprint density at radius 2 is 1.76 bits per heavy atom. The Morgan fingerprint density at radius 3 is 2.44 bits per heavy atom. The molecule has 0 saturated carbocycles. The summed E-state index contributed by atoms with van der Waals surface area (Å²) in [5.41, 5.74) is 4.83. The average Bonchev–Trinajstić information content (AvgIpc) is 2.58. The molecule has 0 bridgehead atoms. The Morgan fingerprint density at radius 1 is 1.08 bits per heavy atom. The lowest BCUT2D eigenvalue weighted by atomic mass is 9.94. The third-order valence-corrected chi connectivity index (χ3v) is 4.91. The fourth-order valence-corrected chi connectivity index (χ4v) is 3.54. The minimum Gasteiger partial charge on any atom is -0.508 e. The van der Waals surface area contributed by atoms with Crippen LogP contribution in [0.25, 0.3) is 0 Å². The lowest BCUT2D eigenvalue weighted by Gasteiger charge is -2.34. The number of hydrogen-bond acceptors (Lipinski definition) is 5. The first-order valence-corrected chi connectivity index (χ1v) is 8.37. The number of hydrogen-bond donors (Lipinski definition) is 2. The van der Waals surface area contributed by atoms with Gasteiger partial charge in [0.1, 0.15) is 17.2 Å². The topological polar surface area (TPSA) is 62.2 Å². The SMILES string of the molecule is COc1ccc(OC)c2c1CN(Cc1cc(C)c(O)cc1C)C[C@H]2O. The number of phenolic OH excluding ortho intramolecular Hbond substituents is 1. The highest BCUT2D eigenvalue weighted by molar-refractivity contribution is 5.51. The van der Waals surface area contributed by atoms with Crippen molar-refractivity contribution in [3.05, 3.63) is 52.1 Å². The van der Waals surface area contributed by atoms with Gasteiger partial charge >= 0.3 is 0 Å². The first-order chi connectivity index (χ1) is 11.9. The molecule has 2 aromatic rings. The van der Waals surface area contributed by atoms with Gasteiger partial charge in [-0.3, -0.25) is 4.90 Å². The van der Waals surface area contributed by atoms with Crippen LogP contribution in [0.1, 0.15) is 33.9 Å². The number of benzene rings is 2. The minimum absolute atomic E-state index is 0.316. The Bertz CT molecular complexity index is 788. The number of ether oxygens (including phenoxy) is 2. The van der Waals surface area contributed by atoms with Gasteiger partial charge in [-0.15, -0.1) is 0 Å². The van der Waals surface area contributed by atoms with E-state index in [2.05, 4.69) is 4.90 Å². The monoisotopic (exact) mass is 343 g/mol. The van der Waals surface area contributed by atoms with E-state index in [1.165, 1.54) is 0 Å². The average molecular weight is 343 g/mol. The van der Waals surface area contributed by atoms with Crippen LogP contribution < -0.4 is 9.47 Å². The minimum atomic E-state index is -0.632. The molecule has 1 heterocycles. The second-order valence-corrected chi connectivity index (χ2v) is 6.61. The van der Waals surface area contributed by atoms with Gasteiger partial charge in [0.25, 0.3) is 0 Å². The second kappa shape index (κ2) is 6.94. The third kappa shape index (κ3) is 3.30. The fraction of sp³-hybridized carbons (Fsp3) is 0.400. The van der Waals surface area contributed by atoms with Crippen LogP contribution in [0.3, 0.4) is 0 Å². The van der Waals surface area contributed by atoms with Gasteiger partial charge in [-0.05, 0) is 48.7 Å². The smallest absolute Gasteiger partial charge is 0.125 e. The summed E-state index contributed by atoms with van der Waals surface area (Å²) in [6, 6.07) is 7.52. The molecule has 5 nitrogen and oxygen atoms in total. The maximum atomic E-state index is 10.7. The summed E-state index contributed by atoms with van der Waals surface area (Å²) < 4.78 is 10.9. The number of phenols is 1. The summed E-state index contributed by atoms with van der Waals surface area (Å²) in [4.78, 5) is 2.19. The zero-order chi connectivity index (χ0) is 18.1. The van der Waals surface area contributed by atoms with Crippen molar-refractivity contribution in [2.75, 3.05) is 20.8 Å². The number of fused-ring (bicyclic) bond motifs is 1. The molecule has 1 aliphatic rings. The molecule has 0 unspecified atom stereocenters. The van der Waals surface area contributed by atoms with Crippen LogP contribution in [0.15, 0.2) is 24.3 Å². The number of β-amino-alcohol motifs (C(OH)–C–C–N with tert-alkyl or cyclic N) is 1. The second-order valence-electron chi connectivity index (χ2n) is 6.61. The number of aryl methyl sites for hydroxylation is 2. The molecule has 2 aromatic carbocycles. The molecule has 1 aliphatic heterocycles. The molecule has 5 heteroatoms. The Kier molecular flexibility index (Phi) is 4.88. The molecule has 0 saturated heterocycles. The number of aliphatic hydroxyl groups is 1. The lowest BCUT2D eigenvalue weighted by Crippen LogP contribution is -2.34. The van der Waals surface area contributed by atoms with E-state index in [0.29, 0.717) is 31.1 Å². The van der Waals surface area contributed by atoms with E-state index < -0.39 is 6.10 Å². The summed E-state index contributed by atoms with van der Waals surface area (Å²) in [6.07, 6.45) is -0.632. The number of rotatable bonds is 4. The molecule has 0 aromatic heterocycles. The van der Waals surface area contributed by atoms with Gasteiger partial charge in [-0.1, -0.05) is 6.07 Å². The van der Waals surface area contributed by atoms with Crippen LogP contribution >= 0.6 is 0 Å². The van der Waals surface area contributed by atoms with Crippen molar-refractivity contribution in [3.63, 3.8) is 0 Å². The quantitative estimate of drug-likeness (QED) is 0.893. The first kappa shape index (κ1) is 17.6. The highest BCUT2D eigenvalue weighted by atomic mass is 16.5. The van der Waals surface area contributed by atoms with Crippen molar-refractivity contribution in [1.29, 1.82) is 0 Å². The summed E-state index contributed by atoms with van der Waals surface area (Å²) in [5.74, 6) is 1.77. The van der Waals surface area contributed by atoms with Crippen LogP contribution in [0.2, 0.25) is 0 Å². The highest BCUT2D eigenvalue weighted by Crippen LogP contribution is 2.39. The Labute approximate surface area is 148 Å². The van der Waals surface area contributed by atoms with Crippen molar-refractivity contribution < 1.29 is 19.7 Å². The largest absolute Gasteiger partial charge is 0.508 e. The van der Waals surface area contributed by atoms with E-state index in [0.717, 1.165) is 33.6 Å². The van der Waals surface area contributed by atoms with Gasteiger partial charge < -0.3 is 19.7 Å². The summed E-state index contributed by atoms with van der Waals surface area (Å²) in [7, 11) is 3.25. The van der Waals surface area contributed by atoms with Gasteiger partial charge in [0.05, 0.1) is 20.3 Å². The van der Waals surface area contributed by atoms with E-state index in [9.17, 15) is 10.2 Å². The van der Waals surface area contributed by atoms with Crippen LogP contribution in [-0.4, -0.2) is 35.9 Å². The number of aliphatic hydroxyl groups excluding tert-OH is 1. The zero-order valence-corrected chi connectivity index (χ0v) is 15.2. The number of aromatic hydroxyl groups is 1. The van der Waals surface area contributed by atoms with Gasteiger partial charge in [0, 0.05) is 30.8 Å². The maximum Gasteiger partial charge on any atom is 0.125 e. The van der Waals surface area contributed by atoms with E-state index in [1.807, 2.05) is 32.0 Å². The maximum absolute atomic E-state index is 10.7. The molecule has 0 spiro atoms. The molecule has 3 rings (SSSR count).